The first kappa shape index (κ1) is 21.0. The van der Waals surface area contributed by atoms with Gasteiger partial charge in [0.15, 0.2) is 0 Å². The van der Waals surface area contributed by atoms with Crippen molar-refractivity contribution in [3.05, 3.63) is 99.6 Å². The summed E-state index contributed by atoms with van der Waals surface area (Å²) in [6.45, 7) is 1.76. The molecule has 1 aliphatic carbocycles. The number of nitrogens with zero attached hydrogens (tertiary/aromatic N) is 2. The molecular formula is C24H21ClFN3O2. The fraction of sp³-hybridized carbons (Fsp3) is 0.208. The van der Waals surface area contributed by atoms with Gasteiger partial charge in [-0.1, -0.05) is 35.9 Å². The molecule has 2 amide bonds. The van der Waals surface area contributed by atoms with Crippen LogP contribution in [-0.4, -0.2) is 21.7 Å². The number of carbonyl (C=O) groups excluding carboxylic acids is 2. The number of aryl methyl sites for hydroxylation is 1. The zero-order valence-corrected chi connectivity index (χ0v) is 17.6. The minimum Gasteiger partial charge on any atom is -0.368 e. The first-order valence-electron chi connectivity index (χ1n) is 9.95. The molecule has 3 aromatic rings. The Balaban J connectivity index is 1.90. The van der Waals surface area contributed by atoms with Crippen molar-refractivity contribution in [2.45, 2.75) is 31.8 Å². The summed E-state index contributed by atoms with van der Waals surface area (Å²) in [4.78, 5) is 32.2. The average molecular weight is 438 g/mol. The summed E-state index contributed by atoms with van der Waals surface area (Å²) >= 11 is 6.13. The monoisotopic (exact) mass is 437 g/mol. The van der Waals surface area contributed by atoms with E-state index in [0.29, 0.717) is 40.8 Å². The lowest BCUT2D eigenvalue weighted by atomic mass is 9.97. The number of pyridine rings is 1. The quantitative estimate of drug-likeness (QED) is 0.636. The van der Waals surface area contributed by atoms with Gasteiger partial charge < -0.3 is 10.6 Å². The van der Waals surface area contributed by atoms with Crippen molar-refractivity contribution in [1.29, 1.82) is 0 Å². The van der Waals surface area contributed by atoms with Crippen molar-refractivity contribution in [1.82, 2.24) is 9.88 Å². The van der Waals surface area contributed by atoms with Crippen molar-refractivity contribution in [2.24, 2.45) is 5.73 Å². The van der Waals surface area contributed by atoms with Crippen LogP contribution in [0.4, 0.5) is 4.39 Å². The van der Waals surface area contributed by atoms with Gasteiger partial charge in [-0.2, -0.15) is 0 Å². The van der Waals surface area contributed by atoms with Gasteiger partial charge in [-0.15, -0.1) is 0 Å². The summed E-state index contributed by atoms with van der Waals surface area (Å²) in [5, 5.41) is 0.239. The Morgan fingerprint density at radius 3 is 2.61 bits per heavy atom. The average Bonchev–Trinajstić information content (AvgIpc) is 3.16. The van der Waals surface area contributed by atoms with Gasteiger partial charge >= 0.3 is 0 Å². The minimum atomic E-state index is -1.07. The number of rotatable bonds is 5. The molecule has 0 aliphatic heterocycles. The topological polar surface area (TPSA) is 76.3 Å². The second-order valence-electron chi connectivity index (χ2n) is 7.57. The highest BCUT2D eigenvalue weighted by molar-refractivity contribution is 6.30. The van der Waals surface area contributed by atoms with Crippen molar-refractivity contribution in [3.8, 4) is 0 Å². The molecule has 1 unspecified atom stereocenters. The van der Waals surface area contributed by atoms with Crippen LogP contribution >= 0.6 is 11.6 Å². The molecule has 0 saturated carbocycles. The van der Waals surface area contributed by atoms with Gasteiger partial charge in [0.2, 0.25) is 5.91 Å². The lowest BCUT2D eigenvalue weighted by Gasteiger charge is -2.36. The zero-order valence-electron chi connectivity index (χ0n) is 16.9. The number of nitrogens with two attached hydrogens (primary N) is 1. The number of fused-ring (bicyclic) bond motifs is 1. The van der Waals surface area contributed by atoms with E-state index in [4.69, 9.17) is 17.3 Å². The van der Waals surface area contributed by atoms with Crippen LogP contribution < -0.4 is 5.73 Å². The van der Waals surface area contributed by atoms with E-state index in [-0.39, 0.29) is 10.9 Å². The number of halogens is 2. The molecule has 7 heteroatoms. The Kier molecular flexibility index (Phi) is 5.74. The van der Waals surface area contributed by atoms with Crippen LogP contribution in [-0.2, 0) is 11.2 Å². The molecule has 0 saturated heterocycles. The number of primary amides is 1. The van der Waals surface area contributed by atoms with Crippen LogP contribution in [0.3, 0.4) is 0 Å². The molecule has 4 rings (SSSR count). The lowest BCUT2D eigenvalue weighted by Crippen LogP contribution is -2.44. The molecule has 1 heterocycles. The van der Waals surface area contributed by atoms with E-state index in [1.54, 1.807) is 61.7 Å². The maximum Gasteiger partial charge on any atom is 0.255 e. The fourth-order valence-corrected chi connectivity index (χ4v) is 4.52. The molecule has 158 valence electrons. The molecule has 0 spiro atoms. The first-order chi connectivity index (χ1) is 14.9. The van der Waals surface area contributed by atoms with Gasteiger partial charge in [0.25, 0.3) is 5.91 Å². The van der Waals surface area contributed by atoms with Gasteiger partial charge in [0.05, 0.1) is 6.04 Å². The van der Waals surface area contributed by atoms with Gasteiger partial charge in [-0.25, -0.2) is 4.39 Å². The maximum atomic E-state index is 14.6. The number of benzene rings is 2. The van der Waals surface area contributed by atoms with Crippen LogP contribution in [0.25, 0.3) is 0 Å². The SMILES string of the molecule is Cc1ncccc1C(C(N)=O)N(C(=O)c1ccccc1)[C@@H]1CCc2c(F)cc(Cl)cc21. The van der Waals surface area contributed by atoms with Crippen molar-refractivity contribution in [3.63, 3.8) is 0 Å². The van der Waals surface area contributed by atoms with Crippen LogP contribution in [0.5, 0.6) is 0 Å². The second-order valence-corrected chi connectivity index (χ2v) is 8.01. The maximum absolute atomic E-state index is 14.6. The summed E-state index contributed by atoms with van der Waals surface area (Å²) < 4.78 is 14.6. The van der Waals surface area contributed by atoms with Gasteiger partial charge in [-0.05, 0) is 61.2 Å². The summed E-state index contributed by atoms with van der Waals surface area (Å²) in [5.74, 6) is -1.47. The molecule has 1 aromatic heterocycles. The molecule has 0 fully saturated rings. The largest absolute Gasteiger partial charge is 0.368 e. The summed E-state index contributed by atoms with van der Waals surface area (Å²) in [6.07, 6.45) is 2.49. The second kappa shape index (κ2) is 8.47. The minimum absolute atomic E-state index is 0.239. The molecule has 0 radical (unpaired) electrons. The number of hydrogen-bond donors (Lipinski definition) is 1. The molecular weight excluding hydrogens is 417 g/mol. The van der Waals surface area contributed by atoms with E-state index in [1.807, 2.05) is 0 Å². The Hall–Kier alpha value is -3.25. The van der Waals surface area contributed by atoms with E-state index in [9.17, 15) is 14.0 Å². The van der Waals surface area contributed by atoms with Crippen LogP contribution in [0, 0.1) is 12.7 Å². The van der Waals surface area contributed by atoms with Gasteiger partial charge in [-0.3, -0.25) is 14.6 Å². The van der Waals surface area contributed by atoms with Gasteiger partial charge in [0, 0.05) is 28.0 Å². The Morgan fingerprint density at radius 2 is 1.94 bits per heavy atom. The summed E-state index contributed by atoms with van der Waals surface area (Å²) in [6, 6.07) is 13.4. The highest BCUT2D eigenvalue weighted by atomic mass is 35.5. The number of amides is 2. The van der Waals surface area contributed by atoms with E-state index in [1.165, 1.54) is 11.0 Å². The van der Waals surface area contributed by atoms with Gasteiger partial charge in [0.1, 0.15) is 11.9 Å². The van der Waals surface area contributed by atoms with Crippen LogP contribution in [0.15, 0.2) is 60.8 Å². The predicted octanol–water partition coefficient (Wildman–Crippen LogP) is 4.54. The van der Waals surface area contributed by atoms with E-state index in [0.717, 1.165) is 0 Å². The summed E-state index contributed by atoms with van der Waals surface area (Å²) in [5.41, 5.74) is 8.48. The third kappa shape index (κ3) is 3.91. The third-order valence-corrected chi connectivity index (χ3v) is 5.92. The van der Waals surface area contributed by atoms with Crippen molar-refractivity contribution >= 4 is 23.4 Å². The standard InChI is InChI=1S/C24H21ClFN3O2/c1-14-17(8-5-11-28-14)22(23(27)30)29(24(31)15-6-3-2-4-7-15)21-10-9-18-19(21)12-16(25)13-20(18)26/h2-8,11-13,21-22H,9-10H2,1H3,(H2,27,30)/t21-,22?/m1/s1. The number of aromatic nitrogens is 1. The van der Waals surface area contributed by atoms with E-state index < -0.39 is 23.8 Å². The van der Waals surface area contributed by atoms with Crippen molar-refractivity contribution in [2.75, 3.05) is 0 Å². The van der Waals surface area contributed by atoms with Crippen LogP contribution in [0.2, 0.25) is 5.02 Å². The molecule has 31 heavy (non-hydrogen) atoms. The molecule has 0 bridgehead atoms. The van der Waals surface area contributed by atoms with Crippen LogP contribution in [0.1, 0.15) is 51.2 Å². The Morgan fingerprint density at radius 1 is 1.19 bits per heavy atom. The van der Waals surface area contributed by atoms with E-state index >= 15 is 0 Å². The zero-order chi connectivity index (χ0) is 22.1. The molecule has 2 aromatic carbocycles. The highest BCUT2D eigenvalue weighted by Gasteiger charge is 2.40. The van der Waals surface area contributed by atoms with Crippen molar-refractivity contribution < 1.29 is 14.0 Å². The Labute approximate surface area is 184 Å². The lowest BCUT2D eigenvalue weighted by molar-refractivity contribution is -0.123. The number of carbonyl (C=O) groups is 2. The summed E-state index contributed by atoms with van der Waals surface area (Å²) in [7, 11) is 0. The number of hydrogen-bond acceptors (Lipinski definition) is 3. The molecule has 5 nitrogen and oxygen atoms in total. The third-order valence-electron chi connectivity index (χ3n) is 5.70. The predicted molar refractivity (Wildman–Crippen MR) is 116 cm³/mol. The molecule has 2 N–H and O–H groups in total. The molecule has 2 atom stereocenters. The normalized spacial score (nSPS) is 15.9. The molecule has 1 aliphatic rings. The smallest absolute Gasteiger partial charge is 0.255 e. The Bertz CT molecular complexity index is 1150. The van der Waals surface area contributed by atoms with E-state index in [2.05, 4.69) is 4.98 Å². The fourth-order valence-electron chi connectivity index (χ4n) is 4.30. The first-order valence-corrected chi connectivity index (χ1v) is 10.3. The highest BCUT2D eigenvalue weighted by Crippen LogP contribution is 2.43.